The maximum Gasteiger partial charge on any atom is 0.367 e. The van der Waals surface area contributed by atoms with Gasteiger partial charge in [0.15, 0.2) is 0 Å². The molecule has 1 aliphatic heterocycles. The molecule has 1 amide bonds. The molecular formula is C13H18N2O3S. The minimum atomic E-state index is -0.459. The van der Waals surface area contributed by atoms with E-state index in [0.29, 0.717) is 18.2 Å². The number of nitrogens with zero attached hydrogens (tertiary/aromatic N) is 2. The van der Waals surface area contributed by atoms with Crippen molar-refractivity contribution in [3.8, 4) is 0 Å². The number of ether oxygens (including phenoxy) is 1. The van der Waals surface area contributed by atoms with E-state index in [0.717, 1.165) is 37.3 Å². The molecule has 5 nitrogen and oxygen atoms in total. The highest BCUT2D eigenvalue weighted by Crippen LogP contribution is 2.21. The molecular weight excluding hydrogens is 264 g/mol. The van der Waals surface area contributed by atoms with Crippen molar-refractivity contribution >= 4 is 23.2 Å². The number of carbonyl (C=O) groups is 2. The van der Waals surface area contributed by atoms with Gasteiger partial charge < -0.3 is 9.64 Å². The van der Waals surface area contributed by atoms with Gasteiger partial charge >= 0.3 is 5.97 Å². The van der Waals surface area contributed by atoms with E-state index < -0.39 is 5.97 Å². The van der Waals surface area contributed by atoms with Crippen LogP contribution in [-0.4, -0.2) is 41.5 Å². The molecule has 1 atom stereocenters. The predicted octanol–water partition coefficient (Wildman–Crippen LogP) is 2.19. The lowest BCUT2D eigenvalue weighted by atomic mass is 10.1. The predicted molar refractivity (Wildman–Crippen MR) is 72.4 cm³/mol. The summed E-state index contributed by atoms with van der Waals surface area (Å²) in [6, 6.07) is 0. The minimum absolute atomic E-state index is 0.0808. The third-order valence-corrected chi connectivity index (χ3v) is 4.15. The summed E-state index contributed by atoms with van der Waals surface area (Å²) in [5, 5.41) is 1.88. The summed E-state index contributed by atoms with van der Waals surface area (Å²) in [7, 11) is 0. The molecule has 1 aromatic heterocycles. The van der Waals surface area contributed by atoms with Crippen LogP contribution in [0.25, 0.3) is 0 Å². The zero-order valence-electron chi connectivity index (χ0n) is 11.2. The molecule has 6 heteroatoms. The third kappa shape index (κ3) is 3.12. The van der Waals surface area contributed by atoms with Crippen molar-refractivity contribution in [1.82, 2.24) is 9.88 Å². The van der Waals surface area contributed by atoms with E-state index in [4.69, 9.17) is 4.74 Å². The van der Waals surface area contributed by atoms with E-state index in [1.165, 1.54) is 0 Å². The average Bonchev–Trinajstić information content (AvgIpc) is 3.07. The molecule has 2 heterocycles. The zero-order chi connectivity index (χ0) is 13.8. The van der Waals surface area contributed by atoms with Gasteiger partial charge in [-0.3, -0.25) is 4.79 Å². The molecule has 104 valence electrons. The van der Waals surface area contributed by atoms with Crippen molar-refractivity contribution in [3.05, 3.63) is 16.1 Å². The number of amides is 1. The van der Waals surface area contributed by atoms with Gasteiger partial charge in [0.25, 0.3) is 5.91 Å². The Morgan fingerprint density at radius 1 is 1.53 bits per heavy atom. The van der Waals surface area contributed by atoms with Gasteiger partial charge in [0.2, 0.25) is 5.01 Å². The molecule has 0 saturated carbocycles. The van der Waals surface area contributed by atoms with Crippen LogP contribution < -0.4 is 0 Å². The highest BCUT2D eigenvalue weighted by atomic mass is 32.1. The summed E-state index contributed by atoms with van der Waals surface area (Å²) < 4.78 is 4.87. The van der Waals surface area contributed by atoms with Crippen LogP contribution in [0, 0.1) is 5.92 Å². The maximum atomic E-state index is 12.2. The largest absolute Gasteiger partial charge is 0.461 e. The molecule has 0 N–H and O–H groups in total. The first-order valence-corrected chi connectivity index (χ1v) is 7.45. The van der Waals surface area contributed by atoms with E-state index >= 15 is 0 Å². The Bertz CT molecular complexity index is 472. The van der Waals surface area contributed by atoms with E-state index in [2.05, 4.69) is 11.9 Å². The Balaban J connectivity index is 2.02. The van der Waals surface area contributed by atoms with Crippen LogP contribution in [0.15, 0.2) is 5.38 Å². The Labute approximate surface area is 116 Å². The van der Waals surface area contributed by atoms with Crippen LogP contribution >= 0.6 is 11.3 Å². The van der Waals surface area contributed by atoms with Gasteiger partial charge in [-0.15, -0.1) is 11.3 Å². The van der Waals surface area contributed by atoms with Crippen LogP contribution in [0.2, 0.25) is 0 Å². The van der Waals surface area contributed by atoms with Gasteiger partial charge in [-0.2, -0.15) is 0 Å². The second kappa shape index (κ2) is 6.14. The number of esters is 1. The number of rotatable bonds is 4. The summed E-state index contributed by atoms with van der Waals surface area (Å²) in [6.07, 6.45) is 2.14. The summed E-state index contributed by atoms with van der Waals surface area (Å²) in [6.45, 7) is 5.77. The fourth-order valence-electron chi connectivity index (χ4n) is 2.17. The third-order valence-electron chi connectivity index (χ3n) is 3.32. The van der Waals surface area contributed by atoms with Gasteiger partial charge in [0, 0.05) is 18.5 Å². The summed E-state index contributed by atoms with van der Waals surface area (Å²) in [4.78, 5) is 29.6. The van der Waals surface area contributed by atoms with Crippen LogP contribution in [0.1, 0.15) is 47.0 Å². The lowest BCUT2D eigenvalue weighted by Crippen LogP contribution is -2.29. The topological polar surface area (TPSA) is 59.5 Å². The quantitative estimate of drug-likeness (QED) is 0.794. The molecule has 1 aliphatic rings. The SMILES string of the molecule is CCOC(=O)c1nc(C(=O)N2CCC(CC)C2)cs1. The summed E-state index contributed by atoms with van der Waals surface area (Å²) in [5.74, 6) is 0.0502. The van der Waals surface area contributed by atoms with E-state index in [9.17, 15) is 9.59 Å². The molecule has 1 unspecified atom stereocenters. The highest BCUT2D eigenvalue weighted by molar-refractivity contribution is 7.11. The van der Waals surface area contributed by atoms with Crippen molar-refractivity contribution in [2.24, 2.45) is 5.92 Å². The highest BCUT2D eigenvalue weighted by Gasteiger charge is 2.27. The van der Waals surface area contributed by atoms with Crippen LogP contribution in [0.5, 0.6) is 0 Å². The van der Waals surface area contributed by atoms with Crippen LogP contribution in [-0.2, 0) is 4.74 Å². The van der Waals surface area contributed by atoms with Crippen molar-refractivity contribution in [2.75, 3.05) is 19.7 Å². The number of hydrogen-bond donors (Lipinski definition) is 0. The average molecular weight is 282 g/mol. The Hall–Kier alpha value is -1.43. The van der Waals surface area contributed by atoms with Crippen LogP contribution in [0.3, 0.4) is 0 Å². The maximum absolute atomic E-state index is 12.2. The first-order valence-electron chi connectivity index (χ1n) is 6.57. The van der Waals surface area contributed by atoms with Gasteiger partial charge in [-0.05, 0) is 19.3 Å². The first kappa shape index (κ1) is 14.0. The van der Waals surface area contributed by atoms with Gasteiger partial charge in [0.1, 0.15) is 5.69 Å². The molecule has 0 radical (unpaired) electrons. The number of likely N-dealkylation sites (tertiary alicyclic amines) is 1. The van der Waals surface area contributed by atoms with E-state index in [-0.39, 0.29) is 10.9 Å². The van der Waals surface area contributed by atoms with Crippen molar-refractivity contribution in [2.45, 2.75) is 26.7 Å². The monoisotopic (exact) mass is 282 g/mol. The second-order valence-electron chi connectivity index (χ2n) is 4.57. The number of carbonyl (C=O) groups excluding carboxylic acids is 2. The molecule has 19 heavy (non-hydrogen) atoms. The molecule has 2 rings (SSSR count). The molecule has 0 spiro atoms. The molecule has 1 saturated heterocycles. The Morgan fingerprint density at radius 3 is 2.95 bits per heavy atom. The van der Waals surface area contributed by atoms with Crippen molar-refractivity contribution < 1.29 is 14.3 Å². The minimum Gasteiger partial charge on any atom is -0.461 e. The van der Waals surface area contributed by atoms with Gasteiger partial charge in [-0.1, -0.05) is 13.3 Å². The molecule has 1 aromatic rings. The lowest BCUT2D eigenvalue weighted by Gasteiger charge is -2.14. The molecule has 0 bridgehead atoms. The van der Waals surface area contributed by atoms with Crippen LogP contribution in [0.4, 0.5) is 0 Å². The van der Waals surface area contributed by atoms with E-state index in [1.54, 1.807) is 12.3 Å². The standard InChI is InChI=1S/C13H18N2O3S/c1-3-9-5-6-15(7-9)12(16)10-8-19-11(14-10)13(17)18-4-2/h8-9H,3-7H2,1-2H3. The van der Waals surface area contributed by atoms with Crippen molar-refractivity contribution in [1.29, 1.82) is 0 Å². The second-order valence-corrected chi connectivity index (χ2v) is 5.43. The first-order chi connectivity index (χ1) is 9.15. The smallest absolute Gasteiger partial charge is 0.367 e. The molecule has 1 fully saturated rings. The Morgan fingerprint density at radius 2 is 2.32 bits per heavy atom. The lowest BCUT2D eigenvalue weighted by molar-refractivity contribution is 0.0526. The van der Waals surface area contributed by atoms with Gasteiger partial charge in [-0.25, -0.2) is 9.78 Å². The fourth-order valence-corrected chi connectivity index (χ4v) is 2.85. The van der Waals surface area contributed by atoms with E-state index in [1.807, 2.05) is 4.90 Å². The fraction of sp³-hybridized carbons (Fsp3) is 0.615. The number of thiazole rings is 1. The normalized spacial score (nSPS) is 18.6. The molecule has 0 aromatic carbocycles. The number of hydrogen-bond acceptors (Lipinski definition) is 5. The summed E-state index contributed by atoms with van der Waals surface area (Å²) in [5.41, 5.74) is 0.352. The molecule has 0 aliphatic carbocycles. The summed E-state index contributed by atoms with van der Waals surface area (Å²) >= 11 is 1.16. The van der Waals surface area contributed by atoms with Gasteiger partial charge in [0.05, 0.1) is 6.61 Å². The zero-order valence-corrected chi connectivity index (χ0v) is 12.0. The van der Waals surface area contributed by atoms with Crippen molar-refractivity contribution in [3.63, 3.8) is 0 Å². The Kier molecular flexibility index (Phi) is 4.52. The number of aromatic nitrogens is 1.